The molecule has 6 N–H and O–H groups in total. The average molecular weight is 934 g/mol. The van der Waals surface area contributed by atoms with E-state index in [1.165, 1.54) is 30.6 Å². The number of primary amides is 2. The number of allylic oxidation sites excluding steroid dienone is 2. The number of aromatic nitrogens is 7. The fourth-order valence-corrected chi connectivity index (χ4v) is 9.25. The topological polar surface area (TPSA) is 253 Å². The van der Waals surface area contributed by atoms with Crippen LogP contribution in [0.25, 0.3) is 22.1 Å². The maximum absolute atomic E-state index is 13.9. The van der Waals surface area contributed by atoms with Gasteiger partial charge >= 0.3 is 0 Å². The Morgan fingerprint density at radius 3 is 1.97 bits per heavy atom. The van der Waals surface area contributed by atoms with Crippen LogP contribution in [0.3, 0.4) is 0 Å². The number of nitrogens with one attached hydrogen (secondary N) is 2. The van der Waals surface area contributed by atoms with Crippen molar-refractivity contribution in [3.63, 3.8) is 0 Å². The highest BCUT2D eigenvalue weighted by Gasteiger charge is 2.34. The van der Waals surface area contributed by atoms with Crippen molar-refractivity contribution in [3.8, 4) is 11.5 Å². The third kappa shape index (κ3) is 10.0. The van der Waals surface area contributed by atoms with Gasteiger partial charge in [0.15, 0.2) is 0 Å². The molecule has 8 rings (SSSR count). The summed E-state index contributed by atoms with van der Waals surface area (Å²) in [6.45, 7) is 12.3. The van der Waals surface area contributed by atoms with Crippen molar-refractivity contribution in [1.82, 2.24) is 43.7 Å². The molecule has 1 saturated carbocycles. The number of piperazine rings is 1. The van der Waals surface area contributed by atoms with E-state index in [1.807, 2.05) is 37.8 Å². The van der Waals surface area contributed by atoms with Gasteiger partial charge in [-0.2, -0.15) is 5.10 Å². The second-order valence-electron chi connectivity index (χ2n) is 16.6. The molecule has 1 saturated heterocycles. The van der Waals surface area contributed by atoms with Gasteiger partial charge in [0.25, 0.3) is 11.8 Å². The van der Waals surface area contributed by atoms with Crippen LogP contribution >= 0.6 is 11.3 Å². The van der Waals surface area contributed by atoms with Crippen molar-refractivity contribution in [2.45, 2.75) is 73.0 Å². The smallest absolute Gasteiger partial charge is 0.276 e. The Bertz CT molecular complexity index is 2920. The second kappa shape index (κ2) is 19.8. The number of fused-ring (bicyclic) bond motifs is 2. The van der Waals surface area contributed by atoms with Crippen molar-refractivity contribution < 1.29 is 33.4 Å². The number of ether oxygens (including phenoxy) is 2. The first kappa shape index (κ1) is 46.4. The summed E-state index contributed by atoms with van der Waals surface area (Å²) in [6.07, 6.45) is 6.93. The van der Waals surface area contributed by atoms with Crippen LogP contribution in [0, 0.1) is 19.8 Å². The number of anilines is 2. The van der Waals surface area contributed by atoms with Gasteiger partial charge in [-0.25, -0.2) is 15.0 Å². The second-order valence-corrected chi connectivity index (χ2v) is 17.8. The van der Waals surface area contributed by atoms with E-state index in [0.717, 1.165) is 37.5 Å². The van der Waals surface area contributed by atoms with Gasteiger partial charge in [0.1, 0.15) is 33.1 Å². The van der Waals surface area contributed by atoms with Crippen LogP contribution in [-0.4, -0.2) is 120 Å². The monoisotopic (exact) mass is 933 g/mol. The summed E-state index contributed by atoms with van der Waals surface area (Å²) in [5.41, 5.74) is 15.3. The number of hydrogen-bond donors (Lipinski definition) is 4. The first-order valence-corrected chi connectivity index (χ1v) is 23.2. The molecular weight excluding hydrogens is 879 g/mol. The molecule has 6 aromatic rings. The number of thiazole rings is 1. The number of carbonyl (C=O) groups is 5. The molecule has 2 aliphatic rings. The van der Waals surface area contributed by atoms with E-state index < -0.39 is 17.7 Å². The number of rotatable bonds is 19. The summed E-state index contributed by atoms with van der Waals surface area (Å²) in [5, 5.41) is 11.1. The third-order valence-electron chi connectivity index (χ3n) is 11.9. The number of amides is 5. The van der Waals surface area contributed by atoms with Crippen LogP contribution in [0.15, 0.2) is 42.5 Å². The predicted octanol–water partition coefficient (Wildman–Crippen LogP) is 4.53. The van der Waals surface area contributed by atoms with Crippen molar-refractivity contribution in [3.05, 3.63) is 80.6 Å². The molecule has 1 aliphatic carbocycles. The van der Waals surface area contributed by atoms with Crippen LogP contribution in [0.5, 0.6) is 11.5 Å². The average Bonchev–Trinajstić information content (AvgIpc) is 3.66. The van der Waals surface area contributed by atoms with Gasteiger partial charge in [0, 0.05) is 69.4 Å². The molecule has 67 heavy (non-hydrogen) atoms. The van der Waals surface area contributed by atoms with E-state index in [0.29, 0.717) is 94.6 Å². The number of carbonyl (C=O) groups excluding carboxylic acids is 5. The van der Waals surface area contributed by atoms with Crippen LogP contribution in [0.4, 0.5) is 11.9 Å². The lowest BCUT2D eigenvalue weighted by molar-refractivity contribution is -0.134. The van der Waals surface area contributed by atoms with Gasteiger partial charge in [0.05, 0.1) is 41.1 Å². The largest absolute Gasteiger partial charge is 0.494 e. The summed E-state index contributed by atoms with van der Waals surface area (Å²) < 4.78 is 17.3. The van der Waals surface area contributed by atoms with Gasteiger partial charge in [-0.15, -0.1) is 11.3 Å². The molecule has 20 nitrogen and oxygen atoms in total. The molecule has 5 heterocycles. The molecule has 5 amide bonds. The van der Waals surface area contributed by atoms with Crippen molar-refractivity contribution >= 4 is 74.8 Å². The standard InChI is InChI=1S/C46H55N13O7S/c1-6-31-39(67-27(4)49-31)43(63)53-46-51-33-23-30(41(48)61)25-36(66-20-10-13-55-16-18-56(19-17-55)44(64)28-11-12-28)38(33)58(46)15-9-8-14-57-37-32(22-29(40(47)60)24-35(37)65-5)50-45(57)52-42(62)34-21-26(3)54-59(34)7-2/h8-9,21-25,28H,6-7,10-20H2,1-5H3,(H2,47,60)(H2,48,61)(H,50,52,62)(H,51,53,63)/b9-8+. The maximum Gasteiger partial charge on any atom is 0.276 e. The summed E-state index contributed by atoms with van der Waals surface area (Å²) in [5.74, 6) is -0.619. The molecule has 0 radical (unpaired) electrons. The highest BCUT2D eigenvalue weighted by Crippen LogP contribution is 2.34. The minimum Gasteiger partial charge on any atom is -0.494 e. The SMILES string of the molecule is CCc1nc(C)sc1C(=O)Nc1nc2cc(C(N)=O)cc(OCCCN3CCN(C(=O)C4CC4)CC3)c2n1C/C=C/Cn1c(NC(=O)c2cc(C)nn2CC)nc2cc(C(N)=O)cc(OC)c21. The Balaban J connectivity index is 1.10. The molecule has 352 valence electrons. The molecule has 0 atom stereocenters. The Hall–Kier alpha value is -7.13. The zero-order chi connectivity index (χ0) is 47.5. The van der Waals surface area contributed by atoms with Crippen LogP contribution in [0.1, 0.15) is 90.4 Å². The quantitative estimate of drug-likeness (QED) is 0.0646. The Morgan fingerprint density at radius 1 is 0.806 bits per heavy atom. The normalized spacial score (nSPS) is 14.3. The number of aryl methyl sites for hydroxylation is 4. The summed E-state index contributed by atoms with van der Waals surface area (Å²) in [6, 6.07) is 7.91. The number of nitrogens with zero attached hydrogens (tertiary/aromatic N) is 9. The van der Waals surface area contributed by atoms with E-state index in [-0.39, 0.29) is 53.8 Å². The lowest BCUT2D eigenvalue weighted by Gasteiger charge is -2.34. The minimum atomic E-state index is -0.670. The van der Waals surface area contributed by atoms with E-state index in [9.17, 15) is 24.0 Å². The molecule has 0 unspecified atom stereocenters. The minimum absolute atomic E-state index is 0.164. The van der Waals surface area contributed by atoms with Crippen molar-refractivity contribution in [1.29, 1.82) is 0 Å². The lowest BCUT2D eigenvalue weighted by Crippen LogP contribution is -2.49. The highest BCUT2D eigenvalue weighted by molar-refractivity contribution is 7.13. The van der Waals surface area contributed by atoms with Crippen molar-refractivity contribution in [2.75, 3.05) is 57.1 Å². The van der Waals surface area contributed by atoms with Crippen LogP contribution < -0.4 is 31.6 Å². The van der Waals surface area contributed by atoms with E-state index in [1.54, 1.807) is 38.9 Å². The summed E-state index contributed by atoms with van der Waals surface area (Å²) in [7, 11) is 1.47. The number of benzene rings is 2. The Morgan fingerprint density at radius 2 is 1.40 bits per heavy atom. The number of methoxy groups -OCH3 is 1. The van der Waals surface area contributed by atoms with Crippen molar-refractivity contribution in [2.24, 2.45) is 17.4 Å². The fourth-order valence-electron chi connectivity index (χ4n) is 8.35. The highest BCUT2D eigenvalue weighted by atomic mass is 32.1. The molecule has 2 fully saturated rings. The Kier molecular flexibility index (Phi) is 13.7. The number of imidazole rings is 2. The first-order chi connectivity index (χ1) is 32.3. The zero-order valence-corrected chi connectivity index (χ0v) is 39.1. The maximum atomic E-state index is 13.9. The van der Waals surface area contributed by atoms with Gasteiger partial charge in [0.2, 0.25) is 29.6 Å². The molecule has 1 aliphatic heterocycles. The summed E-state index contributed by atoms with van der Waals surface area (Å²) in [4.78, 5) is 84.0. The fraction of sp³-hybridized carbons (Fsp3) is 0.413. The first-order valence-electron chi connectivity index (χ1n) is 22.4. The lowest BCUT2D eigenvalue weighted by atomic mass is 10.1. The van der Waals surface area contributed by atoms with Gasteiger partial charge in [-0.3, -0.25) is 44.2 Å². The molecule has 0 bridgehead atoms. The molecule has 2 aromatic carbocycles. The predicted molar refractivity (Wildman–Crippen MR) is 253 cm³/mol. The zero-order valence-electron chi connectivity index (χ0n) is 38.3. The number of nitrogens with two attached hydrogens (primary N) is 2. The molecular formula is C46H55N13O7S. The molecule has 4 aromatic heterocycles. The van der Waals surface area contributed by atoms with Crippen LogP contribution in [0.2, 0.25) is 0 Å². The third-order valence-corrected chi connectivity index (χ3v) is 12.9. The van der Waals surface area contributed by atoms with Gasteiger partial charge in [-0.1, -0.05) is 19.1 Å². The molecule has 21 heteroatoms. The Labute approximate surface area is 390 Å². The van der Waals surface area contributed by atoms with E-state index >= 15 is 0 Å². The van der Waals surface area contributed by atoms with Gasteiger partial charge in [-0.05, 0) is 76.8 Å². The molecule has 0 spiro atoms. The van der Waals surface area contributed by atoms with Crippen LogP contribution in [-0.2, 0) is 30.8 Å². The summed E-state index contributed by atoms with van der Waals surface area (Å²) >= 11 is 1.29. The van der Waals surface area contributed by atoms with E-state index in [2.05, 4.69) is 25.6 Å². The van der Waals surface area contributed by atoms with Gasteiger partial charge < -0.3 is 35.0 Å². The number of hydrogen-bond acceptors (Lipinski definition) is 13. The van der Waals surface area contributed by atoms with E-state index in [4.69, 9.17) is 30.9 Å².